The maximum Gasteiger partial charge on any atom is 0.271 e. The van der Waals surface area contributed by atoms with Gasteiger partial charge in [0.15, 0.2) is 0 Å². The fraction of sp³-hybridized carbons (Fsp3) is 0. The highest BCUT2D eigenvalue weighted by atomic mass is 19.1. The lowest BCUT2D eigenvalue weighted by atomic mass is 10.1. The summed E-state index contributed by atoms with van der Waals surface area (Å²) in [5.74, 6) is -1.68. The van der Waals surface area contributed by atoms with Gasteiger partial charge in [0.25, 0.3) is 11.6 Å². The van der Waals surface area contributed by atoms with E-state index < -0.39 is 16.6 Å². The Morgan fingerprint density at radius 3 is 2.57 bits per heavy atom. The first-order valence-electron chi connectivity index (χ1n) is 6.43. The highest BCUT2D eigenvalue weighted by Crippen LogP contribution is 2.22. The van der Waals surface area contributed by atoms with Crippen molar-refractivity contribution < 1.29 is 14.1 Å². The fourth-order valence-corrected chi connectivity index (χ4v) is 1.78. The maximum atomic E-state index is 13.6. The Bertz CT molecular complexity index is 826. The highest BCUT2D eigenvalue weighted by molar-refractivity contribution is 6.09. The van der Waals surface area contributed by atoms with Crippen LogP contribution in [0.3, 0.4) is 0 Å². The maximum absolute atomic E-state index is 13.6. The van der Waals surface area contributed by atoms with Crippen molar-refractivity contribution in [3.63, 3.8) is 0 Å². The van der Waals surface area contributed by atoms with E-state index in [1.54, 1.807) is 36.4 Å². The zero-order valence-electron chi connectivity index (χ0n) is 11.7. The number of carbonyl (C=O) groups excluding carboxylic acids is 1. The van der Waals surface area contributed by atoms with E-state index in [4.69, 9.17) is 5.26 Å². The van der Waals surface area contributed by atoms with E-state index in [2.05, 4.69) is 5.32 Å². The Hall–Kier alpha value is -3.53. The molecular formula is C16H10FN3O3. The lowest BCUT2D eigenvalue weighted by Crippen LogP contribution is -2.14. The molecule has 0 heterocycles. The molecular weight excluding hydrogens is 301 g/mol. The molecule has 0 saturated carbocycles. The largest absolute Gasteiger partial charge is 0.319 e. The molecule has 0 fully saturated rings. The Kier molecular flexibility index (Phi) is 4.79. The normalized spacial score (nSPS) is 10.7. The number of amides is 1. The average molecular weight is 311 g/mol. The van der Waals surface area contributed by atoms with Gasteiger partial charge in [-0.15, -0.1) is 0 Å². The summed E-state index contributed by atoms with van der Waals surface area (Å²) in [6.07, 6.45) is 1.34. The van der Waals surface area contributed by atoms with Gasteiger partial charge in [0.1, 0.15) is 17.5 Å². The van der Waals surface area contributed by atoms with Gasteiger partial charge in [-0.05, 0) is 17.7 Å². The van der Waals surface area contributed by atoms with E-state index in [9.17, 15) is 19.3 Å². The van der Waals surface area contributed by atoms with Crippen molar-refractivity contribution in [3.8, 4) is 6.07 Å². The van der Waals surface area contributed by atoms with Crippen molar-refractivity contribution >= 4 is 23.4 Å². The van der Waals surface area contributed by atoms with Gasteiger partial charge in [0, 0.05) is 12.1 Å². The van der Waals surface area contributed by atoms with Crippen LogP contribution in [0, 0.1) is 27.3 Å². The number of nitro benzene ring substituents is 1. The van der Waals surface area contributed by atoms with Crippen LogP contribution in [0.4, 0.5) is 15.8 Å². The first-order chi connectivity index (χ1) is 11.0. The van der Waals surface area contributed by atoms with Gasteiger partial charge in [-0.1, -0.05) is 30.3 Å². The minimum Gasteiger partial charge on any atom is -0.319 e. The lowest BCUT2D eigenvalue weighted by molar-refractivity contribution is -0.384. The zero-order chi connectivity index (χ0) is 16.8. The quantitative estimate of drug-likeness (QED) is 0.405. The van der Waals surface area contributed by atoms with Crippen molar-refractivity contribution in [2.24, 2.45) is 0 Å². The first-order valence-corrected chi connectivity index (χ1v) is 6.43. The summed E-state index contributed by atoms with van der Waals surface area (Å²) in [5.41, 5.74) is -0.355. The molecule has 0 radical (unpaired) electrons. The van der Waals surface area contributed by atoms with Crippen LogP contribution < -0.4 is 5.32 Å². The van der Waals surface area contributed by atoms with Gasteiger partial charge in [-0.25, -0.2) is 4.39 Å². The molecule has 2 aromatic carbocycles. The molecule has 0 bridgehead atoms. The third kappa shape index (κ3) is 3.98. The number of hydrogen-bond acceptors (Lipinski definition) is 4. The fourth-order valence-electron chi connectivity index (χ4n) is 1.78. The van der Waals surface area contributed by atoms with Crippen LogP contribution in [0.2, 0.25) is 0 Å². The molecule has 6 nitrogen and oxygen atoms in total. The molecule has 0 atom stereocenters. The molecule has 0 aliphatic rings. The SMILES string of the molecule is N#C/C(=C/c1ccccc1)C(=O)Nc1cc([N+](=O)[O-])ccc1F. The van der Waals surface area contributed by atoms with E-state index in [-0.39, 0.29) is 16.9 Å². The topological polar surface area (TPSA) is 96.0 Å². The minimum atomic E-state index is -0.851. The molecule has 0 spiro atoms. The number of nitrogens with one attached hydrogen (secondary N) is 1. The predicted octanol–water partition coefficient (Wildman–Crippen LogP) is 3.28. The Labute approximate surface area is 130 Å². The van der Waals surface area contributed by atoms with Crippen LogP contribution in [-0.4, -0.2) is 10.8 Å². The van der Waals surface area contributed by atoms with Crippen LogP contribution in [0.25, 0.3) is 6.08 Å². The second-order valence-corrected chi connectivity index (χ2v) is 4.46. The van der Waals surface area contributed by atoms with Gasteiger partial charge in [0.05, 0.1) is 10.6 Å². The number of non-ortho nitro benzene ring substituents is 1. The summed E-state index contributed by atoms with van der Waals surface area (Å²) in [6, 6.07) is 13.1. The van der Waals surface area contributed by atoms with Gasteiger partial charge in [-0.2, -0.15) is 5.26 Å². The van der Waals surface area contributed by atoms with Gasteiger partial charge >= 0.3 is 0 Å². The van der Waals surface area contributed by atoms with Gasteiger partial charge in [-0.3, -0.25) is 14.9 Å². The Morgan fingerprint density at radius 1 is 1.26 bits per heavy atom. The second-order valence-electron chi connectivity index (χ2n) is 4.46. The van der Waals surface area contributed by atoms with Crippen LogP contribution in [0.1, 0.15) is 5.56 Å². The summed E-state index contributed by atoms with van der Waals surface area (Å²) >= 11 is 0. The summed E-state index contributed by atoms with van der Waals surface area (Å²) in [4.78, 5) is 22.0. The number of rotatable bonds is 4. The van der Waals surface area contributed by atoms with Crippen LogP contribution in [0.15, 0.2) is 54.1 Å². The summed E-state index contributed by atoms with van der Waals surface area (Å²) < 4.78 is 13.6. The highest BCUT2D eigenvalue weighted by Gasteiger charge is 2.15. The molecule has 2 rings (SSSR count). The standard InChI is InChI=1S/C16H10FN3O3/c17-14-7-6-13(20(22)23)9-15(14)19-16(21)12(10-18)8-11-4-2-1-3-5-11/h1-9H,(H,19,21)/b12-8-. The smallest absolute Gasteiger partial charge is 0.271 e. The Morgan fingerprint density at radius 2 is 1.96 bits per heavy atom. The third-order valence-corrected chi connectivity index (χ3v) is 2.88. The van der Waals surface area contributed by atoms with E-state index in [1.807, 2.05) is 0 Å². The molecule has 2 aromatic rings. The molecule has 1 amide bonds. The number of carbonyl (C=O) groups is 1. The molecule has 0 aliphatic heterocycles. The molecule has 114 valence electrons. The average Bonchev–Trinajstić information content (AvgIpc) is 2.55. The third-order valence-electron chi connectivity index (χ3n) is 2.88. The molecule has 23 heavy (non-hydrogen) atoms. The zero-order valence-corrected chi connectivity index (χ0v) is 11.7. The van der Waals surface area contributed by atoms with E-state index in [0.717, 1.165) is 18.2 Å². The van der Waals surface area contributed by atoms with Gasteiger partial charge < -0.3 is 5.32 Å². The number of hydrogen-bond donors (Lipinski definition) is 1. The molecule has 0 unspecified atom stereocenters. The second kappa shape index (κ2) is 6.95. The number of nitriles is 1. The van der Waals surface area contributed by atoms with Crippen LogP contribution in [0.5, 0.6) is 0 Å². The van der Waals surface area contributed by atoms with Crippen molar-refractivity contribution in [1.82, 2.24) is 0 Å². The van der Waals surface area contributed by atoms with Crippen molar-refractivity contribution in [2.75, 3.05) is 5.32 Å². The molecule has 7 heteroatoms. The van der Waals surface area contributed by atoms with Gasteiger partial charge in [0.2, 0.25) is 0 Å². The number of benzene rings is 2. The summed E-state index contributed by atoms with van der Waals surface area (Å²) in [6.45, 7) is 0. The predicted molar refractivity (Wildman–Crippen MR) is 81.7 cm³/mol. The van der Waals surface area contributed by atoms with Crippen LogP contribution >= 0.6 is 0 Å². The van der Waals surface area contributed by atoms with Crippen LogP contribution in [-0.2, 0) is 4.79 Å². The monoisotopic (exact) mass is 311 g/mol. The summed E-state index contributed by atoms with van der Waals surface area (Å²) in [7, 11) is 0. The molecule has 0 saturated heterocycles. The lowest BCUT2D eigenvalue weighted by Gasteiger charge is -2.05. The van der Waals surface area contributed by atoms with E-state index >= 15 is 0 Å². The Balaban J connectivity index is 2.27. The van der Waals surface area contributed by atoms with E-state index in [1.165, 1.54) is 6.08 Å². The first kappa shape index (κ1) is 15.9. The van der Waals surface area contributed by atoms with E-state index in [0.29, 0.717) is 5.56 Å². The number of nitro groups is 1. The van der Waals surface area contributed by atoms with Crippen molar-refractivity contribution in [3.05, 3.63) is 75.6 Å². The number of anilines is 1. The van der Waals surface area contributed by atoms with Crippen molar-refractivity contribution in [2.45, 2.75) is 0 Å². The molecule has 1 N–H and O–H groups in total. The molecule has 0 aliphatic carbocycles. The minimum absolute atomic E-state index is 0.248. The molecule has 0 aromatic heterocycles. The number of halogens is 1. The number of nitrogens with zero attached hydrogens (tertiary/aromatic N) is 2. The van der Waals surface area contributed by atoms with Crippen molar-refractivity contribution in [1.29, 1.82) is 5.26 Å². The summed E-state index contributed by atoms with van der Waals surface area (Å²) in [5, 5.41) is 21.9.